The summed E-state index contributed by atoms with van der Waals surface area (Å²) in [7, 11) is 1.56. The van der Waals surface area contributed by atoms with Crippen LogP contribution in [0.3, 0.4) is 0 Å². The van der Waals surface area contributed by atoms with Crippen molar-refractivity contribution in [1.29, 1.82) is 0 Å². The van der Waals surface area contributed by atoms with Crippen LogP contribution in [0, 0.1) is 5.82 Å². The lowest BCUT2D eigenvalue weighted by molar-refractivity contribution is -0.118. The number of nitrogens with one attached hydrogen (secondary N) is 1. The molecule has 1 aromatic rings. The van der Waals surface area contributed by atoms with Crippen molar-refractivity contribution in [1.82, 2.24) is 5.32 Å². The van der Waals surface area contributed by atoms with Crippen LogP contribution in [-0.2, 0) is 9.53 Å². The minimum atomic E-state index is -0.360. The molecule has 0 aliphatic heterocycles. The maximum atomic E-state index is 12.9. The third kappa shape index (κ3) is 5.06. The van der Waals surface area contributed by atoms with E-state index in [0.717, 1.165) is 0 Å². The summed E-state index contributed by atoms with van der Waals surface area (Å²) in [5.41, 5.74) is 6.13. The number of rotatable bonds is 6. The Labute approximate surface area is 104 Å². The lowest BCUT2D eigenvalue weighted by atomic mass is 10.3. The van der Waals surface area contributed by atoms with Gasteiger partial charge in [0, 0.05) is 24.2 Å². The summed E-state index contributed by atoms with van der Waals surface area (Å²) in [5, 5.41) is 2.67. The standard InChI is InChI=1S/C11H15FN2O2S/c1-16-5-4-14-11(15)7-17-10-6-8(12)2-3-9(10)13/h2-3,6H,4-5,7,13H2,1H3,(H,14,15). The number of nitrogens with two attached hydrogens (primary N) is 1. The molecule has 0 aromatic heterocycles. The predicted octanol–water partition coefficient (Wildman–Crippen LogP) is 1.26. The van der Waals surface area contributed by atoms with Crippen LogP contribution >= 0.6 is 11.8 Å². The number of nitrogen functional groups attached to an aromatic ring is 1. The molecule has 0 radical (unpaired) electrons. The highest BCUT2D eigenvalue weighted by atomic mass is 32.2. The molecule has 0 aliphatic rings. The van der Waals surface area contributed by atoms with Gasteiger partial charge in [0.2, 0.25) is 5.91 Å². The maximum absolute atomic E-state index is 12.9. The summed E-state index contributed by atoms with van der Waals surface area (Å²) < 4.78 is 17.7. The van der Waals surface area contributed by atoms with Gasteiger partial charge in [0.1, 0.15) is 5.82 Å². The van der Waals surface area contributed by atoms with Crippen molar-refractivity contribution < 1.29 is 13.9 Å². The molecule has 1 aromatic carbocycles. The lowest BCUT2D eigenvalue weighted by Gasteiger charge is -2.06. The minimum Gasteiger partial charge on any atom is -0.398 e. The van der Waals surface area contributed by atoms with Crippen LogP contribution in [0.15, 0.2) is 23.1 Å². The lowest BCUT2D eigenvalue weighted by Crippen LogP contribution is -2.28. The molecule has 1 amide bonds. The molecule has 3 N–H and O–H groups in total. The van der Waals surface area contributed by atoms with Crippen LogP contribution in [0.25, 0.3) is 0 Å². The Morgan fingerprint density at radius 3 is 3.06 bits per heavy atom. The van der Waals surface area contributed by atoms with Gasteiger partial charge >= 0.3 is 0 Å². The van der Waals surface area contributed by atoms with Gasteiger partial charge in [-0.2, -0.15) is 0 Å². The Kier molecular flexibility index (Phi) is 5.79. The summed E-state index contributed by atoms with van der Waals surface area (Å²) in [6.45, 7) is 0.938. The number of amides is 1. The Morgan fingerprint density at radius 1 is 1.59 bits per heavy atom. The van der Waals surface area contributed by atoms with Crippen LogP contribution in [0.5, 0.6) is 0 Å². The van der Waals surface area contributed by atoms with Crippen LogP contribution in [0.1, 0.15) is 0 Å². The fourth-order valence-electron chi connectivity index (χ4n) is 1.12. The highest BCUT2D eigenvalue weighted by Gasteiger charge is 2.06. The van der Waals surface area contributed by atoms with Gasteiger partial charge < -0.3 is 15.8 Å². The number of ether oxygens (including phenoxy) is 1. The first-order chi connectivity index (χ1) is 8.13. The Morgan fingerprint density at radius 2 is 2.35 bits per heavy atom. The molecule has 0 atom stereocenters. The van der Waals surface area contributed by atoms with Gasteiger partial charge in [-0.1, -0.05) is 0 Å². The summed E-state index contributed by atoms with van der Waals surface area (Å²) in [5.74, 6) is -0.283. The van der Waals surface area contributed by atoms with Crippen molar-refractivity contribution in [3.05, 3.63) is 24.0 Å². The first kappa shape index (κ1) is 13.8. The summed E-state index contributed by atoms with van der Waals surface area (Å²) >= 11 is 1.21. The first-order valence-corrected chi connectivity index (χ1v) is 6.05. The van der Waals surface area contributed by atoms with Gasteiger partial charge in [0.05, 0.1) is 12.4 Å². The molecule has 1 rings (SSSR count). The topological polar surface area (TPSA) is 64.3 Å². The van der Waals surface area contributed by atoms with Gasteiger partial charge in [0.15, 0.2) is 0 Å². The number of thioether (sulfide) groups is 1. The second-order valence-electron chi connectivity index (χ2n) is 3.31. The first-order valence-electron chi connectivity index (χ1n) is 5.07. The number of halogens is 1. The largest absolute Gasteiger partial charge is 0.398 e. The third-order valence-corrected chi connectivity index (χ3v) is 3.03. The summed E-state index contributed by atoms with van der Waals surface area (Å²) in [6.07, 6.45) is 0. The zero-order chi connectivity index (χ0) is 12.7. The molecule has 0 unspecified atom stereocenters. The molecule has 0 saturated carbocycles. The number of benzene rings is 1. The second kappa shape index (κ2) is 7.13. The molecule has 0 saturated heterocycles. The van der Waals surface area contributed by atoms with E-state index >= 15 is 0 Å². The van der Waals surface area contributed by atoms with E-state index in [1.165, 1.54) is 30.0 Å². The van der Waals surface area contributed by atoms with Crippen LogP contribution in [0.4, 0.5) is 10.1 Å². The normalized spacial score (nSPS) is 10.2. The van der Waals surface area contributed by atoms with Crippen molar-refractivity contribution >= 4 is 23.4 Å². The van der Waals surface area contributed by atoms with E-state index in [2.05, 4.69) is 5.32 Å². The van der Waals surface area contributed by atoms with E-state index in [-0.39, 0.29) is 17.5 Å². The van der Waals surface area contributed by atoms with Gasteiger partial charge in [0.25, 0.3) is 0 Å². The van der Waals surface area contributed by atoms with Gasteiger partial charge in [-0.05, 0) is 18.2 Å². The van der Waals surface area contributed by atoms with Crippen LogP contribution in [-0.4, -0.2) is 31.9 Å². The van der Waals surface area contributed by atoms with Gasteiger partial charge in [-0.15, -0.1) is 11.8 Å². The fourth-order valence-corrected chi connectivity index (χ4v) is 1.94. The number of hydrogen-bond acceptors (Lipinski definition) is 4. The predicted molar refractivity (Wildman–Crippen MR) is 66.4 cm³/mol. The molecule has 6 heteroatoms. The van der Waals surface area contributed by atoms with Gasteiger partial charge in [-0.25, -0.2) is 4.39 Å². The summed E-state index contributed by atoms with van der Waals surface area (Å²) in [4.78, 5) is 11.9. The van der Waals surface area contributed by atoms with Crippen molar-refractivity contribution in [2.45, 2.75) is 4.90 Å². The summed E-state index contributed by atoms with van der Waals surface area (Å²) in [6, 6.07) is 4.10. The van der Waals surface area contributed by atoms with Crippen molar-refractivity contribution in [2.24, 2.45) is 0 Å². The Bertz CT molecular complexity index is 388. The second-order valence-corrected chi connectivity index (χ2v) is 4.33. The fraction of sp³-hybridized carbons (Fsp3) is 0.364. The smallest absolute Gasteiger partial charge is 0.230 e. The SMILES string of the molecule is COCCNC(=O)CSc1cc(F)ccc1N. The average Bonchev–Trinajstić information content (AvgIpc) is 2.31. The zero-order valence-electron chi connectivity index (χ0n) is 9.53. The number of carbonyl (C=O) groups excluding carboxylic acids is 1. The zero-order valence-corrected chi connectivity index (χ0v) is 10.3. The molecule has 0 spiro atoms. The number of methoxy groups -OCH3 is 1. The Hall–Kier alpha value is -1.27. The maximum Gasteiger partial charge on any atom is 0.230 e. The van der Waals surface area contributed by atoms with E-state index in [9.17, 15) is 9.18 Å². The number of anilines is 1. The van der Waals surface area contributed by atoms with E-state index in [1.54, 1.807) is 7.11 Å². The molecule has 4 nitrogen and oxygen atoms in total. The highest BCUT2D eigenvalue weighted by Crippen LogP contribution is 2.25. The van der Waals surface area contributed by atoms with E-state index in [1.807, 2.05) is 0 Å². The van der Waals surface area contributed by atoms with Crippen LogP contribution < -0.4 is 11.1 Å². The van der Waals surface area contributed by atoms with E-state index in [0.29, 0.717) is 23.7 Å². The number of carbonyl (C=O) groups is 1. The molecular weight excluding hydrogens is 243 g/mol. The average molecular weight is 258 g/mol. The molecule has 0 bridgehead atoms. The van der Waals surface area contributed by atoms with Gasteiger partial charge in [-0.3, -0.25) is 4.79 Å². The van der Waals surface area contributed by atoms with Crippen molar-refractivity contribution in [3.63, 3.8) is 0 Å². The molecule has 17 heavy (non-hydrogen) atoms. The monoisotopic (exact) mass is 258 g/mol. The van der Waals surface area contributed by atoms with Crippen LogP contribution in [0.2, 0.25) is 0 Å². The number of hydrogen-bond donors (Lipinski definition) is 2. The quantitative estimate of drug-likeness (QED) is 0.458. The van der Waals surface area contributed by atoms with E-state index in [4.69, 9.17) is 10.5 Å². The molecule has 0 aliphatic carbocycles. The molecule has 94 valence electrons. The minimum absolute atomic E-state index is 0.129. The van der Waals surface area contributed by atoms with Crippen molar-refractivity contribution in [3.8, 4) is 0 Å². The third-order valence-electron chi connectivity index (χ3n) is 1.96. The molecular formula is C11H15FN2O2S. The molecule has 0 fully saturated rings. The highest BCUT2D eigenvalue weighted by molar-refractivity contribution is 8.00. The molecule has 0 heterocycles. The van der Waals surface area contributed by atoms with E-state index < -0.39 is 0 Å². The Balaban J connectivity index is 2.39. The van der Waals surface area contributed by atoms with Crippen molar-refractivity contribution in [2.75, 3.05) is 31.7 Å².